The van der Waals surface area contributed by atoms with Crippen molar-refractivity contribution in [2.24, 2.45) is 0 Å². The van der Waals surface area contributed by atoms with E-state index in [-0.39, 0.29) is 5.91 Å². The number of nitrogens with one attached hydrogen (secondary N) is 1. The lowest BCUT2D eigenvalue weighted by atomic mass is 10.3. The minimum Gasteiger partial charge on any atom is -0.453 e. The molecule has 86 valence electrons. The molecule has 0 spiro atoms. The quantitative estimate of drug-likeness (QED) is 0.778. The van der Waals surface area contributed by atoms with Gasteiger partial charge >= 0.3 is 0 Å². The van der Waals surface area contributed by atoms with Crippen LogP contribution in [0.2, 0.25) is 10.0 Å². The number of carbonyl (C=O) groups is 1. The molecule has 17 heavy (non-hydrogen) atoms. The molecule has 0 bridgehead atoms. The molecule has 1 aromatic carbocycles. The molecule has 0 radical (unpaired) electrons. The summed E-state index contributed by atoms with van der Waals surface area (Å²) < 4.78 is 5.63. The van der Waals surface area contributed by atoms with E-state index in [1.54, 1.807) is 22.9 Å². The van der Waals surface area contributed by atoms with Gasteiger partial charge in [0.15, 0.2) is 11.5 Å². The average Bonchev–Trinajstić information content (AvgIpc) is 2.69. The first kappa shape index (κ1) is 10.9. The fraction of sp³-hybridized carbons (Fsp3) is 0. The van der Waals surface area contributed by atoms with E-state index in [0.717, 1.165) is 0 Å². The van der Waals surface area contributed by atoms with Crippen molar-refractivity contribution in [3.05, 3.63) is 38.5 Å². The maximum absolute atomic E-state index is 11.9. The molecule has 0 saturated heterocycles. The molecule has 1 aliphatic rings. The number of halogens is 2. The Hall–Kier alpha value is -1.23. The van der Waals surface area contributed by atoms with Gasteiger partial charge in [0.2, 0.25) is 0 Å². The number of anilines is 1. The third kappa shape index (κ3) is 1.78. The Balaban J connectivity index is 2.18. The zero-order chi connectivity index (χ0) is 12.0. The Bertz CT molecular complexity index is 624. The second-order valence-electron chi connectivity index (χ2n) is 3.47. The van der Waals surface area contributed by atoms with Crippen LogP contribution in [-0.2, 0) is 0 Å². The minimum absolute atomic E-state index is 0.210. The number of amides is 1. The van der Waals surface area contributed by atoms with E-state index in [1.807, 2.05) is 0 Å². The second-order valence-corrected chi connectivity index (χ2v) is 5.03. The summed E-state index contributed by atoms with van der Waals surface area (Å²) >= 11 is 13.2. The van der Waals surface area contributed by atoms with Gasteiger partial charge in [0.05, 0.1) is 21.3 Å². The molecule has 6 heteroatoms. The van der Waals surface area contributed by atoms with Gasteiger partial charge in [-0.25, -0.2) is 0 Å². The smallest absolute Gasteiger partial charge is 0.260 e. The molecule has 1 amide bonds. The van der Waals surface area contributed by atoms with Crippen LogP contribution in [0.4, 0.5) is 5.69 Å². The Labute approximate surface area is 111 Å². The summed E-state index contributed by atoms with van der Waals surface area (Å²) in [6, 6.07) is 3.17. The van der Waals surface area contributed by atoms with Gasteiger partial charge in [-0.15, -0.1) is 11.3 Å². The van der Waals surface area contributed by atoms with Crippen LogP contribution >= 0.6 is 34.5 Å². The molecule has 0 saturated carbocycles. The number of fused-ring (bicyclic) bond motifs is 2. The molecule has 0 unspecified atom stereocenters. The normalized spacial score (nSPS) is 13.2. The minimum atomic E-state index is -0.210. The van der Waals surface area contributed by atoms with E-state index in [4.69, 9.17) is 27.9 Å². The zero-order valence-electron chi connectivity index (χ0n) is 8.29. The second kappa shape index (κ2) is 3.91. The van der Waals surface area contributed by atoms with Gasteiger partial charge in [0.25, 0.3) is 5.91 Å². The molecule has 3 rings (SSSR count). The number of thiophene rings is 1. The molecule has 1 N–H and O–H groups in total. The largest absolute Gasteiger partial charge is 0.453 e. The van der Waals surface area contributed by atoms with Crippen molar-refractivity contribution in [2.75, 3.05) is 5.32 Å². The maximum atomic E-state index is 11.9. The summed E-state index contributed by atoms with van der Waals surface area (Å²) in [5.41, 5.74) is 1.03. The van der Waals surface area contributed by atoms with E-state index in [0.29, 0.717) is 32.8 Å². The summed E-state index contributed by atoms with van der Waals surface area (Å²) in [5.74, 6) is 0.813. The van der Waals surface area contributed by atoms with E-state index in [1.165, 1.54) is 11.3 Å². The summed E-state index contributed by atoms with van der Waals surface area (Å²) in [5, 5.41) is 7.00. The van der Waals surface area contributed by atoms with Gasteiger partial charge in [0, 0.05) is 16.8 Å². The summed E-state index contributed by atoms with van der Waals surface area (Å²) in [4.78, 5) is 11.9. The summed E-state index contributed by atoms with van der Waals surface area (Å²) in [6.07, 6.45) is 0. The van der Waals surface area contributed by atoms with E-state index in [2.05, 4.69) is 5.32 Å². The lowest BCUT2D eigenvalue weighted by molar-refractivity contribution is 0.102. The fourth-order valence-electron chi connectivity index (χ4n) is 1.55. The van der Waals surface area contributed by atoms with E-state index < -0.39 is 0 Å². The Morgan fingerprint density at radius 2 is 1.88 bits per heavy atom. The molecular weight excluding hydrogens is 281 g/mol. The van der Waals surface area contributed by atoms with Gasteiger partial charge < -0.3 is 10.1 Å². The first-order valence-corrected chi connectivity index (χ1v) is 6.39. The van der Waals surface area contributed by atoms with Crippen molar-refractivity contribution >= 4 is 46.1 Å². The number of rotatable bonds is 0. The maximum Gasteiger partial charge on any atom is 0.260 e. The van der Waals surface area contributed by atoms with Gasteiger partial charge in [-0.3, -0.25) is 4.79 Å². The Morgan fingerprint density at radius 3 is 2.71 bits per heavy atom. The molecule has 0 aliphatic carbocycles. The van der Waals surface area contributed by atoms with E-state index >= 15 is 0 Å². The number of hydrogen-bond acceptors (Lipinski definition) is 3. The van der Waals surface area contributed by atoms with Crippen molar-refractivity contribution in [3.63, 3.8) is 0 Å². The summed E-state index contributed by atoms with van der Waals surface area (Å²) in [6.45, 7) is 0. The zero-order valence-corrected chi connectivity index (χ0v) is 10.6. The SMILES string of the molecule is O=C1Nc2cc(Cl)c(Cl)cc2Oc2cscc21. The van der Waals surface area contributed by atoms with Crippen LogP contribution in [0.25, 0.3) is 0 Å². The number of ether oxygens (including phenoxy) is 1. The van der Waals surface area contributed by atoms with Crippen molar-refractivity contribution in [2.45, 2.75) is 0 Å². The molecule has 3 nitrogen and oxygen atoms in total. The predicted molar refractivity (Wildman–Crippen MR) is 68.8 cm³/mol. The van der Waals surface area contributed by atoms with Crippen LogP contribution in [0.1, 0.15) is 10.4 Å². The average molecular weight is 286 g/mol. The third-order valence-corrected chi connectivity index (χ3v) is 3.81. The van der Waals surface area contributed by atoms with Crippen molar-refractivity contribution in [1.82, 2.24) is 0 Å². The first-order valence-electron chi connectivity index (χ1n) is 4.69. The lowest BCUT2D eigenvalue weighted by Gasteiger charge is -2.08. The van der Waals surface area contributed by atoms with Crippen LogP contribution in [0, 0.1) is 0 Å². The van der Waals surface area contributed by atoms with Gasteiger partial charge in [-0.1, -0.05) is 23.2 Å². The Kier molecular flexibility index (Phi) is 2.50. The topological polar surface area (TPSA) is 38.3 Å². The van der Waals surface area contributed by atoms with Crippen LogP contribution in [0.15, 0.2) is 22.9 Å². The molecular formula is C11H5Cl2NO2S. The monoisotopic (exact) mass is 285 g/mol. The van der Waals surface area contributed by atoms with Crippen molar-refractivity contribution < 1.29 is 9.53 Å². The number of benzene rings is 1. The highest BCUT2D eigenvalue weighted by Crippen LogP contribution is 2.41. The lowest BCUT2D eigenvalue weighted by Crippen LogP contribution is -2.09. The molecule has 1 aromatic heterocycles. The number of carbonyl (C=O) groups excluding carboxylic acids is 1. The molecule has 2 aromatic rings. The van der Waals surface area contributed by atoms with Crippen LogP contribution in [0.3, 0.4) is 0 Å². The predicted octanol–water partition coefficient (Wildman–Crippen LogP) is 4.41. The van der Waals surface area contributed by atoms with Crippen molar-refractivity contribution in [3.8, 4) is 11.5 Å². The number of hydrogen-bond donors (Lipinski definition) is 1. The van der Waals surface area contributed by atoms with E-state index in [9.17, 15) is 4.79 Å². The van der Waals surface area contributed by atoms with Crippen LogP contribution in [-0.4, -0.2) is 5.91 Å². The van der Waals surface area contributed by atoms with Gasteiger partial charge in [-0.2, -0.15) is 0 Å². The van der Waals surface area contributed by atoms with Gasteiger partial charge in [-0.05, 0) is 6.07 Å². The van der Waals surface area contributed by atoms with Crippen molar-refractivity contribution in [1.29, 1.82) is 0 Å². The Morgan fingerprint density at radius 1 is 1.12 bits per heavy atom. The van der Waals surface area contributed by atoms with Crippen LogP contribution < -0.4 is 10.1 Å². The standard InChI is InChI=1S/C11H5Cl2NO2S/c12-6-1-8-9(2-7(6)13)16-10-4-17-3-5(10)11(15)14-8/h1-4H,(H,14,15). The van der Waals surface area contributed by atoms with Gasteiger partial charge in [0.1, 0.15) is 0 Å². The highest BCUT2D eigenvalue weighted by Gasteiger charge is 2.22. The molecule has 2 heterocycles. The summed E-state index contributed by atoms with van der Waals surface area (Å²) in [7, 11) is 0. The molecule has 1 aliphatic heterocycles. The molecule has 0 fully saturated rings. The van der Waals surface area contributed by atoms with Crippen LogP contribution in [0.5, 0.6) is 11.5 Å². The highest BCUT2D eigenvalue weighted by atomic mass is 35.5. The molecule has 0 atom stereocenters. The highest BCUT2D eigenvalue weighted by molar-refractivity contribution is 7.08. The fourth-order valence-corrected chi connectivity index (χ4v) is 2.59. The third-order valence-electron chi connectivity index (χ3n) is 2.36. The first-order chi connectivity index (χ1) is 8.15.